The van der Waals surface area contributed by atoms with E-state index in [1.807, 2.05) is 0 Å². The molecule has 0 saturated carbocycles. The molecule has 0 fully saturated rings. The molecule has 0 N–H and O–H groups in total. The van der Waals surface area contributed by atoms with Crippen molar-refractivity contribution in [3.63, 3.8) is 0 Å². The first-order chi connectivity index (χ1) is 3.68. The van der Waals surface area contributed by atoms with Crippen LogP contribution in [0.5, 0.6) is 0 Å². The topological polar surface area (TPSA) is 43.4 Å². The average molecular weight is 134 g/mol. The van der Waals surface area contributed by atoms with Crippen molar-refractivity contribution in [2.75, 3.05) is 7.05 Å². The second-order valence-corrected chi connectivity index (χ2v) is 2.26. The summed E-state index contributed by atoms with van der Waals surface area (Å²) in [5, 5.41) is 0. The van der Waals surface area contributed by atoms with Crippen molar-refractivity contribution < 1.29 is 8.76 Å². The van der Waals surface area contributed by atoms with Gasteiger partial charge in [0, 0.05) is 24.5 Å². The Balaban J connectivity index is 3.64. The standard InChI is InChI=1S/C4H9NO2S/c1-3-4-5(2)8(6)7/h3-4H,1-2H3,(H,6,7)/p-1. The Labute approximate surface area is 51.4 Å². The molecule has 0 aromatic rings. The first-order valence-electron chi connectivity index (χ1n) is 2.13. The van der Waals surface area contributed by atoms with Crippen molar-refractivity contribution in [3.8, 4) is 0 Å². The third kappa shape index (κ3) is 2.76. The van der Waals surface area contributed by atoms with E-state index in [0.717, 1.165) is 4.31 Å². The second-order valence-electron chi connectivity index (χ2n) is 1.25. The molecule has 1 unspecified atom stereocenters. The zero-order valence-corrected chi connectivity index (χ0v) is 5.64. The Morgan fingerprint density at radius 1 is 1.75 bits per heavy atom. The molecule has 0 rings (SSSR count). The average Bonchev–Trinajstić information content (AvgIpc) is 1.67. The van der Waals surface area contributed by atoms with E-state index < -0.39 is 11.3 Å². The maximum atomic E-state index is 9.96. The van der Waals surface area contributed by atoms with Crippen LogP contribution in [-0.4, -0.2) is 20.1 Å². The van der Waals surface area contributed by atoms with Gasteiger partial charge in [0.05, 0.1) is 0 Å². The van der Waals surface area contributed by atoms with Crippen LogP contribution >= 0.6 is 0 Å². The van der Waals surface area contributed by atoms with Crippen LogP contribution in [-0.2, 0) is 11.3 Å². The van der Waals surface area contributed by atoms with Gasteiger partial charge >= 0.3 is 0 Å². The van der Waals surface area contributed by atoms with E-state index in [-0.39, 0.29) is 0 Å². The Morgan fingerprint density at radius 2 is 2.25 bits per heavy atom. The summed E-state index contributed by atoms with van der Waals surface area (Å²) in [6.07, 6.45) is 3.11. The van der Waals surface area contributed by atoms with Gasteiger partial charge in [-0.3, -0.25) is 4.21 Å². The highest BCUT2D eigenvalue weighted by Gasteiger charge is 1.82. The van der Waals surface area contributed by atoms with Gasteiger partial charge in [-0.15, -0.1) is 0 Å². The van der Waals surface area contributed by atoms with Crippen LogP contribution in [0.4, 0.5) is 0 Å². The molecule has 8 heavy (non-hydrogen) atoms. The predicted molar refractivity (Wildman–Crippen MR) is 31.5 cm³/mol. The van der Waals surface area contributed by atoms with E-state index in [2.05, 4.69) is 0 Å². The lowest BCUT2D eigenvalue weighted by Gasteiger charge is -2.14. The molecular weight excluding hydrogens is 126 g/mol. The van der Waals surface area contributed by atoms with E-state index in [4.69, 9.17) is 0 Å². The summed E-state index contributed by atoms with van der Waals surface area (Å²) in [4.78, 5) is 0. The summed E-state index contributed by atoms with van der Waals surface area (Å²) >= 11 is -2.11. The molecule has 0 radical (unpaired) electrons. The lowest BCUT2D eigenvalue weighted by Crippen LogP contribution is -2.12. The molecule has 48 valence electrons. The van der Waals surface area contributed by atoms with Crippen molar-refractivity contribution in [1.82, 2.24) is 4.31 Å². The molecule has 0 saturated heterocycles. The highest BCUT2D eigenvalue weighted by molar-refractivity contribution is 7.76. The number of hydrogen-bond donors (Lipinski definition) is 0. The zero-order chi connectivity index (χ0) is 6.57. The van der Waals surface area contributed by atoms with Gasteiger partial charge in [-0.1, -0.05) is 6.08 Å². The van der Waals surface area contributed by atoms with Gasteiger partial charge in [0.15, 0.2) is 0 Å². The maximum Gasteiger partial charge on any atom is 0.0466 e. The molecule has 0 bridgehead atoms. The van der Waals surface area contributed by atoms with E-state index in [1.54, 1.807) is 13.0 Å². The maximum absolute atomic E-state index is 9.96. The summed E-state index contributed by atoms with van der Waals surface area (Å²) in [5.74, 6) is 0. The Hall–Kier alpha value is -0.350. The minimum atomic E-state index is -2.11. The van der Waals surface area contributed by atoms with Gasteiger partial charge in [-0.25, -0.2) is 0 Å². The molecule has 0 aromatic carbocycles. The van der Waals surface area contributed by atoms with Gasteiger partial charge in [-0.2, -0.15) is 0 Å². The molecule has 0 aliphatic carbocycles. The van der Waals surface area contributed by atoms with Crippen LogP contribution < -0.4 is 0 Å². The number of nitrogens with zero attached hydrogens (tertiary/aromatic N) is 1. The van der Waals surface area contributed by atoms with Crippen LogP contribution in [0.1, 0.15) is 6.92 Å². The first kappa shape index (κ1) is 7.65. The van der Waals surface area contributed by atoms with Crippen LogP contribution in [0.15, 0.2) is 12.3 Å². The molecule has 0 amide bonds. The zero-order valence-electron chi connectivity index (χ0n) is 4.83. The fourth-order valence-corrected chi connectivity index (χ4v) is 0.481. The van der Waals surface area contributed by atoms with E-state index in [1.165, 1.54) is 13.2 Å². The highest BCUT2D eigenvalue weighted by atomic mass is 32.2. The summed E-state index contributed by atoms with van der Waals surface area (Å²) in [6, 6.07) is 0. The molecule has 0 aliphatic heterocycles. The van der Waals surface area contributed by atoms with Crippen molar-refractivity contribution >= 4 is 11.3 Å². The van der Waals surface area contributed by atoms with Crippen molar-refractivity contribution in [2.24, 2.45) is 0 Å². The van der Waals surface area contributed by atoms with E-state index in [9.17, 15) is 8.76 Å². The number of hydrogen-bond acceptors (Lipinski definition) is 2. The molecule has 0 aromatic heterocycles. The Kier molecular flexibility index (Phi) is 3.47. The van der Waals surface area contributed by atoms with Gasteiger partial charge in [-0.05, 0) is 6.92 Å². The molecule has 4 heteroatoms. The van der Waals surface area contributed by atoms with Gasteiger partial charge in [0.2, 0.25) is 0 Å². The summed E-state index contributed by atoms with van der Waals surface area (Å²) in [7, 11) is 1.46. The highest BCUT2D eigenvalue weighted by Crippen LogP contribution is 1.85. The molecule has 3 nitrogen and oxygen atoms in total. The number of allylic oxidation sites excluding steroid dienone is 1. The third-order valence-corrected chi connectivity index (χ3v) is 1.19. The minimum absolute atomic E-state index is 1.08. The quantitative estimate of drug-likeness (QED) is 0.508. The van der Waals surface area contributed by atoms with Crippen LogP contribution in [0, 0.1) is 0 Å². The monoisotopic (exact) mass is 134 g/mol. The minimum Gasteiger partial charge on any atom is -0.755 e. The first-order valence-corrected chi connectivity index (χ1v) is 3.16. The fourth-order valence-electron chi connectivity index (χ4n) is 0.260. The largest absolute Gasteiger partial charge is 0.755 e. The van der Waals surface area contributed by atoms with Crippen molar-refractivity contribution in [1.29, 1.82) is 0 Å². The lowest BCUT2D eigenvalue weighted by molar-refractivity contribution is 0.485. The summed E-state index contributed by atoms with van der Waals surface area (Å²) < 4.78 is 21.0. The van der Waals surface area contributed by atoms with Crippen LogP contribution in [0.25, 0.3) is 0 Å². The SMILES string of the molecule is CC=CN(C)S(=O)[O-]. The summed E-state index contributed by atoms with van der Waals surface area (Å²) in [5.41, 5.74) is 0. The third-order valence-electron chi connectivity index (χ3n) is 0.594. The predicted octanol–water partition coefficient (Wildman–Crippen LogP) is 0.246. The molecule has 0 heterocycles. The second kappa shape index (κ2) is 3.63. The molecular formula is C4H8NO2S-. The van der Waals surface area contributed by atoms with Crippen LogP contribution in [0.3, 0.4) is 0 Å². The van der Waals surface area contributed by atoms with E-state index in [0.29, 0.717) is 0 Å². The van der Waals surface area contributed by atoms with Crippen molar-refractivity contribution in [2.45, 2.75) is 6.92 Å². The number of rotatable bonds is 2. The van der Waals surface area contributed by atoms with Gasteiger partial charge in [0.1, 0.15) is 0 Å². The lowest BCUT2D eigenvalue weighted by atomic mass is 10.7. The fraction of sp³-hybridized carbons (Fsp3) is 0.500. The molecule has 0 aliphatic rings. The Morgan fingerprint density at radius 3 is 2.38 bits per heavy atom. The molecule has 1 atom stereocenters. The van der Waals surface area contributed by atoms with Gasteiger partial charge < -0.3 is 8.86 Å². The van der Waals surface area contributed by atoms with Crippen molar-refractivity contribution in [3.05, 3.63) is 12.3 Å². The molecule has 0 spiro atoms. The normalized spacial score (nSPS) is 14.4. The summed E-state index contributed by atoms with van der Waals surface area (Å²) in [6.45, 7) is 1.75. The Bertz CT molecular complexity index is 113. The van der Waals surface area contributed by atoms with Gasteiger partial charge in [0.25, 0.3) is 0 Å². The smallest absolute Gasteiger partial charge is 0.0466 e. The van der Waals surface area contributed by atoms with Crippen LogP contribution in [0.2, 0.25) is 0 Å². The van der Waals surface area contributed by atoms with E-state index >= 15 is 0 Å².